The van der Waals surface area contributed by atoms with E-state index < -0.39 is 6.03 Å². The Labute approximate surface area is 280 Å². The van der Waals surface area contributed by atoms with E-state index >= 15 is 0 Å². The first-order valence-corrected chi connectivity index (χ1v) is 11.0. The number of hydrazone groups is 1. The van der Waals surface area contributed by atoms with Crippen LogP contribution in [-0.4, -0.2) is 12.2 Å². The molecule has 3 N–H and O–H groups in total. The second kappa shape index (κ2) is 29.0. The molecule has 0 aliphatic heterocycles. The summed E-state index contributed by atoms with van der Waals surface area (Å²) in [7, 11) is 0. The molecule has 2 amide bonds. The molecular weight excluding hydrogens is 738 g/mol. The number of hydrogen-bond donors (Lipinski definition) is 2. The van der Waals surface area contributed by atoms with Crippen molar-refractivity contribution in [2.45, 2.75) is 53.4 Å². The number of carbonyl (C=O) groups is 1. The van der Waals surface area contributed by atoms with Crippen LogP contribution in [0.5, 0.6) is 0 Å². The normalized spacial score (nSPS) is 8.63. The summed E-state index contributed by atoms with van der Waals surface area (Å²) >= 11 is 0. The molecule has 3 aromatic carbocycles. The summed E-state index contributed by atoms with van der Waals surface area (Å²) in [4.78, 5) is 10.2. The molecule has 0 heterocycles. The zero-order valence-corrected chi connectivity index (χ0v) is 29.3. The number of nitrogens with one attached hydrogen (secondary N) is 1. The zero-order valence-electron chi connectivity index (χ0n) is 22.5. The molecule has 0 saturated carbocycles. The average Bonchev–Trinajstić information content (AvgIpc) is 2.76. The van der Waals surface area contributed by atoms with Crippen molar-refractivity contribution >= 4 is 61.9 Å². The van der Waals surface area contributed by atoms with Crippen molar-refractivity contribution in [3.05, 3.63) is 107 Å². The Kier molecular flexibility index (Phi) is 38.1. The number of benzene rings is 3. The van der Waals surface area contributed by atoms with E-state index in [1.807, 2.05) is 30.3 Å². The minimum absolute atomic E-state index is 0. The van der Waals surface area contributed by atoms with Crippen molar-refractivity contribution in [1.82, 2.24) is 5.43 Å². The molecule has 0 aliphatic carbocycles. The Bertz CT molecular complexity index is 909. The Morgan fingerprint density at radius 3 is 1.32 bits per heavy atom. The van der Waals surface area contributed by atoms with Gasteiger partial charge in [-0.15, -0.1) is 49.6 Å². The van der Waals surface area contributed by atoms with E-state index in [4.69, 9.17) is 5.73 Å². The molecule has 0 fully saturated rings. The maximum Gasteiger partial charge on any atom is 0.332 e. The van der Waals surface area contributed by atoms with E-state index in [9.17, 15) is 4.79 Å². The minimum atomic E-state index is -0.665. The fourth-order valence-corrected chi connectivity index (χ4v) is 2.61. The Morgan fingerprint density at radius 1 is 0.684 bits per heavy atom. The summed E-state index contributed by atoms with van der Waals surface area (Å²) in [6, 6.07) is 26.2. The SMILES string of the molecule is Cc1ccc(C(C)C)cc1.Cc1ccc(C(C)C)cc1.Cl.Cl.Cl.Cl.NC(=O)N/N=C/c1ccccc1.[Ru].[Ru]. The van der Waals surface area contributed by atoms with Gasteiger partial charge in [0.05, 0.1) is 6.21 Å². The number of nitrogens with two attached hydrogens (primary N) is 1. The Morgan fingerprint density at radius 2 is 1.03 bits per heavy atom. The molecule has 0 aromatic heterocycles. The van der Waals surface area contributed by atoms with Gasteiger partial charge in [-0.3, -0.25) is 0 Å². The van der Waals surface area contributed by atoms with Crippen LogP contribution in [0.1, 0.15) is 67.3 Å². The molecule has 218 valence electrons. The van der Waals surface area contributed by atoms with Gasteiger partial charge in [-0.2, -0.15) is 5.10 Å². The number of rotatable bonds is 4. The van der Waals surface area contributed by atoms with Crippen LogP contribution in [0.25, 0.3) is 0 Å². The Balaban J connectivity index is -0.0000000941. The summed E-state index contributed by atoms with van der Waals surface area (Å²) in [5, 5.41) is 3.59. The first-order valence-electron chi connectivity index (χ1n) is 11.0. The molecule has 0 saturated heterocycles. The first kappa shape index (κ1) is 49.9. The van der Waals surface area contributed by atoms with Crippen molar-refractivity contribution in [2.75, 3.05) is 0 Å². The van der Waals surface area contributed by atoms with Crippen molar-refractivity contribution in [3.8, 4) is 0 Å². The quantitative estimate of drug-likeness (QED) is 0.156. The fourth-order valence-electron chi connectivity index (χ4n) is 2.61. The van der Waals surface area contributed by atoms with Crippen LogP contribution in [-0.2, 0) is 39.0 Å². The smallest absolute Gasteiger partial charge is 0.332 e. The van der Waals surface area contributed by atoms with Crippen LogP contribution in [0.4, 0.5) is 4.79 Å². The average molecular weight is 780 g/mol. The van der Waals surface area contributed by atoms with Gasteiger partial charge in [-0.25, -0.2) is 10.2 Å². The van der Waals surface area contributed by atoms with Gasteiger partial charge in [0.25, 0.3) is 0 Å². The molecule has 3 rings (SSSR count). The third-order valence-corrected chi connectivity index (χ3v) is 4.68. The van der Waals surface area contributed by atoms with E-state index in [2.05, 4.69) is 101 Å². The van der Waals surface area contributed by atoms with Crippen molar-refractivity contribution in [2.24, 2.45) is 10.8 Å². The van der Waals surface area contributed by atoms with Crippen molar-refractivity contribution in [3.63, 3.8) is 0 Å². The number of carbonyl (C=O) groups excluding carboxylic acids is 1. The fraction of sp³-hybridized carbons (Fsp3) is 0.286. The van der Waals surface area contributed by atoms with Gasteiger partial charge < -0.3 is 5.73 Å². The summed E-state index contributed by atoms with van der Waals surface area (Å²) in [5.41, 5.74) is 13.3. The number of nitrogens with zero attached hydrogens (tertiary/aromatic N) is 1. The van der Waals surface area contributed by atoms with Crippen LogP contribution in [0, 0.1) is 13.8 Å². The van der Waals surface area contributed by atoms with Crippen LogP contribution in [0.2, 0.25) is 0 Å². The number of hydrogen-bond acceptors (Lipinski definition) is 2. The van der Waals surface area contributed by atoms with Gasteiger partial charge in [-0.05, 0) is 42.4 Å². The van der Waals surface area contributed by atoms with Gasteiger partial charge in [-0.1, -0.05) is 118 Å². The first-order chi connectivity index (χ1) is 15.2. The monoisotopic (exact) mass is 779 g/mol. The molecule has 0 atom stereocenters. The standard InChI is InChI=1S/2C10H14.C8H9N3O.4ClH.2Ru/c2*1-8(2)10-6-4-9(3)5-7-10;9-8(12)11-10-6-7-4-2-1-3-5-7;;;;;;/h2*4-8H,1-3H3;1-6H,(H3,9,11,12);4*1H;;/b;;10-6+;;;;;;. The van der Waals surface area contributed by atoms with Gasteiger partial charge in [0.15, 0.2) is 0 Å². The number of primary amides is 1. The summed E-state index contributed by atoms with van der Waals surface area (Å²) < 4.78 is 0. The maximum atomic E-state index is 10.2. The van der Waals surface area contributed by atoms with Gasteiger partial charge in [0, 0.05) is 39.0 Å². The number of amides is 2. The molecule has 3 aromatic rings. The molecule has 10 heteroatoms. The number of aryl methyl sites for hydroxylation is 2. The molecule has 0 bridgehead atoms. The molecule has 0 unspecified atom stereocenters. The molecule has 4 nitrogen and oxygen atoms in total. The van der Waals surface area contributed by atoms with Crippen LogP contribution in [0.15, 0.2) is 84.0 Å². The number of halogens is 4. The predicted octanol–water partition coefficient (Wildman–Crippen LogP) is 8.61. The van der Waals surface area contributed by atoms with Gasteiger partial charge in [0.2, 0.25) is 0 Å². The molecular formula is C28H41Cl4N3ORu2. The van der Waals surface area contributed by atoms with Crippen LogP contribution < -0.4 is 11.2 Å². The maximum absolute atomic E-state index is 10.2. The van der Waals surface area contributed by atoms with E-state index in [-0.39, 0.29) is 88.6 Å². The molecule has 38 heavy (non-hydrogen) atoms. The predicted molar refractivity (Wildman–Crippen MR) is 166 cm³/mol. The van der Waals surface area contributed by atoms with E-state index in [0.29, 0.717) is 11.8 Å². The largest absolute Gasteiger partial charge is 0.350 e. The number of urea groups is 1. The van der Waals surface area contributed by atoms with E-state index in [1.165, 1.54) is 28.5 Å². The Hall–Kier alpha value is -0.993. The van der Waals surface area contributed by atoms with Crippen molar-refractivity contribution in [1.29, 1.82) is 0 Å². The van der Waals surface area contributed by atoms with E-state index in [0.717, 1.165) is 5.56 Å². The minimum Gasteiger partial charge on any atom is -0.350 e. The summed E-state index contributed by atoms with van der Waals surface area (Å²) in [6.45, 7) is 13.1. The third kappa shape index (κ3) is 24.1. The second-order valence-electron chi connectivity index (χ2n) is 8.28. The topological polar surface area (TPSA) is 67.5 Å². The summed E-state index contributed by atoms with van der Waals surface area (Å²) in [6.07, 6.45) is 1.52. The molecule has 0 spiro atoms. The van der Waals surface area contributed by atoms with Gasteiger partial charge in [0.1, 0.15) is 0 Å². The van der Waals surface area contributed by atoms with Crippen molar-refractivity contribution < 1.29 is 43.8 Å². The zero-order chi connectivity index (χ0) is 23.9. The van der Waals surface area contributed by atoms with Crippen LogP contribution in [0.3, 0.4) is 0 Å². The van der Waals surface area contributed by atoms with Crippen LogP contribution >= 0.6 is 49.6 Å². The second-order valence-corrected chi connectivity index (χ2v) is 8.28. The van der Waals surface area contributed by atoms with Gasteiger partial charge >= 0.3 is 6.03 Å². The third-order valence-electron chi connectivity index (χ3n) is 4.68. The summed E-state index contributed by atoms with van der Waals surface area (Å²) in [5.74, 6) is 1.31. The molecule has 0 aliphatic rings. The van der Waals surface area contributed by atoms with E-state index in [1.54, 1.807) is 0 Å². The molecule has 0 radical (unpaired) electrons.